The van der Waals surface area contributed by atoms with E-state index in [1.165, 1.54) is 12.8 Å². The summed E-state index contributed by atoms with van der Waals surface area (Å²) in [6.45, 7) is 6.73. The Morgan fingerprint density at radius 3 is 1.25 bits per heavy atom. The molecule has 78 valence electrons. The molecule has 0 heterocycles. The van der Waals surface area contributed by atoms with Crippen molar-refractivity contribution in [3.05, 3.63) is 0 Å². The molecule has 0 aliphatic heterocycles. The summed E-state index contributed by atoms with van der Waals surface area (Å²) in [5.74, 6) is 0.898. The van der Waals surface area contributed by atoms with Crippen molar-refractivity contribution < 1.29 is 0 Å². The van der Waals surface area contributed by atoms with E-state index < -0.39 is 11.7 Å². The predicted octanol–water partition coefficient (Wildman–Crippen LogP) is 5.51. The molecule has 0 fully saturated rings. The van der Waals surface area contributed by atoms with Crippen molar-refractivity contribution >= 4 is 55.8 Å². The third kappa shape index (κ3) is 56.1. The molecule has 12 heavy (non-hydrogen) atoms. The van der Waals surface area contributed by atoms with Gasteiger partial charge in [-0.05, 0) is 5.92 Å². The summed E-state index contributed by atoms with van der Waals surface area (Å²) in [4.78, 5) is 0. The molecule has 0 aromatic rings. The van der Waals surface area contributed by atoms with Crippen LogP contribution in [0.3, 0.4) is 0 Å². The van der Waals surface area contributed by atoms with Crippen LogP contribution in [0.25, 0.3) is 0 Å². The number of rotatable bonds is 2. The summed E-state index contributed by atoms with van der Waals surface area (Å²) in [6.07, 6.45) is 2.71. The van der Waals surface area contributed by atoms with Crippen LogP contribution < -0.4 is 0 Å². The molecule has 6 heteroatoms. The molecule has 0 saturated heterocycles. The van der Waals surface area contributed by atoms with Gasteiger partial charge in [0.15, 0.2) is 0 Å². The number of hydrogen-bond donors (Lipinski definition) is 0. The fourth-order valence-corrected chi connectivity index (χ4v) is 0.577. The van der Waals surface area contributed by atoms with Crippen LogP contribution >= 0.6 is 44.1 Å². The SMILES string of the molecule is CCCC(C)C.[Cl][Sb]([Cl])([Cl])([Cl])[Cl]. The van der Waals surface area contributed by atoms with Crippen molar-refractivity contribution in [1.29, 1.82) is 0 Å². The van der Waals surface area contributed by atoms with E-state index in [0.717, 1.165) is 5.92 Å². The van der Waals surface area contributed by atoms with Crippen LogP contribution in [0, 0.1) is 5.92 Å². The predicted molar refractivity (Wildman–Crippen MR) is 64.8 cm³/mol. The van der Waals surface area contributed by atoms with Gasteiger partial charge in [-0.15, -0.1) is 0 Å². The van der Waals surface area contributed by atoms with Crippen LogP contribution in [0.15, 0.2) is 0 Å². The van der Waals surface area contributed by atoms with Crippen molar-refractivity contribution in [2.75, 3.05) is 0 Å². The molecule has 0 nitrogen and oxygen atoms in total. The molecule has 0 N–H and O–H groups in total. The second-order valence-corrected chi connectivity index (χ2v) is 40.8. The van der Waals surface area contributed by atoms with E-state index in [0.29, 0.717) is 0 Å². The van der Waals surface area contributed by atoms with Gasteiger partial charge in [0.2, 0.25) is 0 Å². The third-order valence-corrected chi connectivity index (χ3v) is 0.866. The van der Waals surface area contributed by atoms with Gasteiger partial charge in [0.05, 0.1) is 0 Å². The fourth-order valence-electron chi connectivity index (χ4n) is 0.577. The molecular formula is C6H14Cl5Sb. The second-order valence-electron chi connectivity index (χ2n) is 2.82. The fraction of sp³-hybridized carbons (Fsp3) is 1.00. The average molecular weight is 385 g/mol. The molecule has 0 rings (SSSR count). The van der Waals surface area contributed by atoms with Crippen LogP contribution in [-0.4, -0.2) is 11.7 Å². The maximum absolute atomic E-state index is 5.05. The first-order valence-corrected chi connectivity index (χ1v) is 19.8. The Balaban J connectivity index is 0. The monoisotopic (exact) mass is 382 g/mol. The van der Waals surface area contributed by atoms with Crippen LogP contribution in [0.4, 0.5) is 0 Å². The summed E-state index contributed by atoms with van der Waals surface area (Å²) in [5.41, 5.74) is 0. The summed E-state index contributed by atoms with van der Waals surface area (Å²) >= 11 is -4.33. The van der Waals surface area contributed by atoms with E-state index in [2.05, 4.69) is 20.8 Å². The Morgan fingerprint density at radius 2 is 1.25 bits per heavy atom. The van der Waals surface area contributed by atoms with E-state index in [1.54, 1.807) is 0 Å². The molecule has 0 aromatic heterocycles. The molecule has 0 spiro atoms. The molecule has 0 amide bonds. The summed E-state index contributed by atoms with van der Waals surface area (Å²) < 4.78 is 0. The Hall–Kier alpha value is 2.27. The van der Waals surface area contributed by atoms with E-state index in [-0.39, 0.29) is 0 Å². The van der Waals surface area contributed by atoms with Gasteiger partial charge >= 0.3 is 55.8 Å². The topological polar surface area (TPSA) is 0 Å². The van der Waals surface area contributed by atoms with Gasteiger partial charge in [0.1, 0.15) is 0 Å². The molecule has 0 aliphatic rings. The Morgan fingerprint density at radius 1 is 1.00 bits per heavy atom. The Bertz CT molecular complexity index is 97.9. The van der Waals surface area contributed by atoms with Crippen molar-refractivity contribution in [3.63, 3.8) is 0 Å². The van der Waals surface area contributed by atoms with Gasteiger partial charge in [-0.25, -0.2) is 0 Å². The van der Waals surface area contributed by atoms with E-state index in [1.807, 2.05) is 0 Å². The molecule has 0 unspecified atom stereocenters. The molecule has 0 bridgehead atoms. The van der Waals surface area contributed by atoms with Crippen LogP contribution in [0.2, 0.25) is 0 Å². The quantitative estimate of drug-likeness (QED) is 0.550. The van der Waals surface area contributed by atoms with Crippen molar-refractivity contribution in [3.8, 4) is 0 Å². The van der Waals surface area contributed by atoms with E-state index in [9.17, 15) is 0 Å². The van der Waals surface area contributed by atoms with Gasteiger partial charge in [0.25, 0.3) is 0 Å². The Labute approximate surface area is 94.3 Å². The zero-order chi connectivity index (χ0) is 10.4. The van der Waals surface area contributed by atoms with Crippen LogP contribution in [0.5, 0.6) is 0 Å². The molecule has 0 aromatic carbocycles. The van der Waals surface area contributed by atoms with Gasteiger partial charge < -0.3 is 0 Å². The van der Waals surface area contributed by atoms with Gasteiger partial charge in [0, 0.05) is 0 Å². The first kappa shape index (κ1) is 16.7. The molecular weight excluding hydrogens is 371 g/mol. The molecule has 0 aliphatic carbocycles. The second kappa shape index (κ2) is 6.70. The van der Waals surface area contributed by atoms with E-state index >= 15 is 0 Å². The number of halogens is 5. The van der Waals surface area contributed by atoms with Crippen LogP contribution in [-0.2, 0) is 0 Å². The van der Waals surface area contributed by atoms with Gasteiger partial charge in [-0.1, -0.05) is 33.6 Å². The van der Waals surface area contributed by atoms with Crippen molar-refractivity contribution in [2.24, 2.45) is 5.92 Å². The van der Waals surface area contributed by atoms with Gasteiger partial charge in [-0.2, -0.15) is 0 Å². The summed E-state index contributed by atoms with van der Waals surface area (Å²) in [6, 6.07) is 0. The Kier molecular flexibility index (Phi) is 9.31. The molecule has 0 atom stereocenters. The normalized spacial score (nSPS) is 14.6. The van der Waals surface area contributed by atoms with Gasteiger partial charge in [-0.3, -0.25) is 0 Å². The van der Waals surface area contributed by atoms with Crippen molar-refractivity contribution in [1.82, 2.24) is 0 Å². The standard InChI is InChI=1S/C6H14.5ClH.Sb/c1-4-5-6(2)3;;;;;;/h6H,4-5H2,1-3H3;5*1H;/q;;;;;;+5/p-5. The minimum absolute atomic E-state index is 0.898. The third-order valence-electron chi connectivity index (χ3n) is 0.866. The summed E-state index contributed by atoms with van der Waals surface area (Å²) in [7, 11) is 25.2. The maximum atomic E-state index is 5.05. The number of hydrogen-bond acceptors (Lipinski definition) is 0. The first-order chi connectivity index (χ1) is 5.01. The van der Waals surface area contributed by atoms with Crippen LogP contribution in [0.1, 0.15) is 33.6 Å². The zero-order valence-corrected chi connectivity index (χ0v) is 13.7. The minimum atomic E-state index is -4.33. The van der Waals surface area contributed by atoms with E-state index in [4.69, 9.17) is 44.1 Å². The van der Waals surface area contributed by atoms with Crippen molar-refractivity contribution in [2.45, 2.75) is 33.6 Å². The zero-order valence-electron chi connectivity index (χ0n) is 7.33. The molecule has 0 radical (unpaired) electrons. The summed E-state index contributed by atoms with van der Waals surface area (Å²) in [5, 5.41) is 0. The average Bonchev–Trinajstić information content (AvgIpc) is 1.55. The first-order valence-electron chi connectivity index (χ1n) is 3.62. The molecule has 0 saturated carbocycles.